The van der Waals surface area contributed by atoms with Crippen molar-refractivity contribution in [2.24, 2.45) is 5.73 Å². The van der Waals surface area contributed by atoms with E-state index in [4.69, 9.17) is 5.73 Å². The van der Waals surface area contributed by atoms with Crippen molar-refractivity contribution in [3.8, 4) is 0 Å². The molecule has 0 amide bonds. The maximum absolute atomic E-state index is 12.7. The number of nitrogens with two attached hydrogens (primary N) is 1. The van der Waals surface area contributed by atoms with Crippen LogP contribution in [0.4, 0.5) is 4.39 Å². The van der Waals surface area contributed by atoms with Gasteiger partial charge >= 0.3 is 0 Å². The minimum absolute atomic E-state index is 0.110. The van der Waals surface area contributed by atoms with Gasteiger partial charge in [-0.3, -0.25) is 4.98 Å². The third-order valence-electron chi connectivity index (χ3n) is 2.78. The van der Waals surface area contributed by atoms with Gasteiger partial charge in [0.2, 0.25) is 0 Å². The highest BCUT2D eigenvalue weighted by Gasteiger charge is 2.09. The van der Waals surface area contributed by atoms with E-state index in [0.717, 1.165) is 31.7 Å². The Labute approximate surface area is 96.5 Å². The number of hydrogen-bond acceptors (Lipinski definition) is 3. The first-order valence-electron chi connectivity index (χ1n) is 5.76. The molecule has 1 aromatic rings. The van der Waals surface area contributed by atoms with Crippen molar-refractivity contribution in [1.29, 1.82) is 0 Å². The molecular formula is C12H20FN3. The molecule has 0 bridgehead atoms. The zero-order valence-electron chi connectivity index (χ0n) is 9.99. The van der Waals surface area contributed by atoms with Gasteiger partial charge in [-0.15, -0.1) is 0 Å². The monoisotopic (exact) mass is 225 g/mol. The Balaban J connectivity index is 2.46. The Morgan fingerprint density at radius 3 is 2.56 bits per heavy atom. The first-order chi connectivity index (χ1) is 7.67. The molecule has 16 heavy (non-hydrogen) atoms. The van der Waals surface area contributed by atoms with Crippen LogP contribution < -0.4 is 5.73 Å². The summed E-state index contributed by atoms with van der Waals surface area (Å²) in [6.45, 7) is 7.27. The number of hydrogen-bond donors (Lipinski definition) is 1. The van der Waals surface area contributed by atoms with Crippen LogP contribution in [-0.2, 0) is 0 Å². The van der Waals surface area contributed by atoms with Crippen LogP contribution in [0.3, 0.4) is 0 Å². The lowest BCUT2D eigenvalue weighted by molar-refractivity contribution is 0.290. The molecule has 0 saturated heterocycles. The van der Waals surface area contributed by atoms with Crippen molar-refractivity contribution in [3.63, 3.8) is 0 Å². The van der Waals surface area contributed by atoms with Gasteiger partial charge in [0.15, 0.2) is 0 Å². The van der Waals surface area contributed by atoms with E-state index in [1.165, 1.54) is 12.3 Å². The average molecular weight is 225 g/mol. The molecule has 1 aromatic heterocycles. The molecule has 0 spiro atoms. The van der Waals surface area contributed by atoms with Gasteiger partial charge in [-0.2, -0.15) is 0 Å². The molecule has 0 aliphatic heterocycles. The van der Waals surface area contributed by atoms with E-state index in [1.807, 2.05) is 0 Å². The second-order valence-corrected chi connectivity index (χ2v) is 3.82. The first-order valence-corrected chi connectivity index (χ1v) is 5.76. The highest BCUT2D eigenvalue weighted by atomic mass is 19.1. The van der Waals surface area contributed by atoms with E-state index < -0.39 is 0 Å². The van der Waals surface area contributed by atoms with Crippen molar-refractivity contribution in [3.05, 3.63) is 29.8 Å². The largest absolute Gasteiger partial charge is 0.323 e. The lowest BCUT2D eigenvalue weighted by Crippen LogP contribution is -2.27. The summed E-state index contributed by atoms with van der Waals surface area (Å²) in [5, 5.41) is 0. The van der Waals surface area contributed by atoms with Gasteiger partial charge in [0, 0.05) is 6.04 Å². The van der Waals surface area contributed by atoms with Crippen molar-refractivity contribution in [2.75, 3.05) is 19.6 Å². The van der Waals surface area contributed by atoms with Crippen LogP contribution >= 0.6 is 0 Å². The van der Waals surface area contributed by atoms with Gasteiger partial charge in [0.1, 0.15) is 5.82 Å². The zero-order chi connectivity index (χ0) is 12.0. The van der Waals surface area contributed by atoms with Crippen LogP contribution in [0, 0.1) is 5.82 Å². The lowest BCUT2D eigenvalue weighted by atomic mass is 10.1. The standard InChI is InChI=1S/C12H20FN3/c1-3-16(4-2)8-7-11(14)12-6-5-10(13)9-15-12/h5-6,9,11H,3-4,7-8,14H2,1-2H3. The van der Waals surface area contributed by atoms with Crippen molar-refractivity contribution < 1.29 is 4.39 Å². The molecule has 4 heteroatoms. The third-order valence-corrected chi connectivity index (χ3v) is 2.78. The molecule has 3 nitrogen and oxygen atoms in total. The lowest BCUT2D eigenvalue weighted by Gasteiger charge is -2.20. The fourth-order valence-corrected chi connectivity index (χ4v) is 1.62. The fourth-order valence-electron chi connectivity index (χ4n) is 1.62. The predicted octanol–water partition coefficient (Wildman–Crippen LogP) is 1.95. The first kappa shape index (κ1) is 13.1. The van der Waals surface area contributed by atoms with Gasteiger partial charge in [-0.05, 0) is 38.2 Å². The topological polar surface area (TPSA) is 42.1 Å². The fraction of sp³-hybridized carbons (Fsp3) is 0.583. The second kappa shape index (κ2) is 6.55. The average Bonchev–Trinajstić information content (AvgIpc) is 2.31. The van der Waals surface area contributed by atoms with E-state index in [9.17, 15) is 4.39 Å². The zero-order valence-corrected chi connectivity index (χ0v) is 9.99. The SMILES string of the molecule is CCN(CC)CCC(N)c1ccc(F)cn1. The van der Waals surface area contributed by atoms with Crippen LogP contribution in [0.25, 0.3) is 0 Å². The molecular weight excluding hydrogens is 205 g/mol. The van der Waals surface area contributed by atoms with Crippen LogP contribution in [0.2, 0.25) is 0 Å². The minimum atomic E-state index is -0.320. The predicted molar refractivity (Wildman–Crippen MR) is 63.5 cm³/mol. The third kappa shape index (κ3) is 3.87. The van der Waals surface area contributed by atoms with Crippen LogP contribution in [0.5, 0.6) is 0 Å². The van der Waals surface area contributed by atoms with E-state index in [1.54, 1.807) is 6.07 Å². The molecule has 0 aromatic carbocycles. The smallest absolute Gasteiger partial charge is 0.141 e. The summed E-state index contributed by atoms with van der Waals surface area (Å²) in [4.78, 5) is 6.30. The molecule has 0 aliphatic rings. The Kier molecular flexibility index (Phi) is 5.35. The molecule has 1 atom stereocenters. The Hall–Kier alpha value is -1.00. The second-order valence-electron chi connectivity index (χ2n) is 3.82. The summed E-state index contributed by atoms with van der Waals surface area (Å²) in [6, 6.07) is 2.95. The number of rotatable bonds is 6. The number of aromatic nitrogens is 1. The summed E-state index contributed by atoms with van der Waals surface area (Å²) in [5.74, 6) is -0.320. The van der Waals surface area contributed by atoms with Crippen molar-refractivity contribution in [2.45, 2.75) is 26.3 Å². The molecule has 1 unspecified atom stereocenters. The summed E-state index contributed by atoms with van der Waals surface area (Å²) in [5.41, 5.74) is 6.75. The Bertz CT molecular complexity index is 296. The Morgan fingerprint density at radius 1 is 1.38 bits per heavy atom. The van der Waals surface area contributed by atoms with Gasteiger partial charge in [-0.25, -0.2) is 4.39 Å². The maximum Gasteiger partial charge on any atom is 0.141 e. The van der Waals surface area contributed by atoms with Crippen LogP contribution in [0.1, 0.15) is 32.0 Å². The Morgan fingerprint density at radius 2 is 2.06 bits per heavy atom. The summed E-state index contributed by atoms with van der Waals surface area (Å²) < 4.78 is 12.7. The molecule has 0 fully saturated rings. The highest BCUT2D eigenvalue weighted by molar-refractivity contribution is 5.09. The van der Waals surface area contributed by atoms with Crippen molar-refractivity contribution in [1.82, 2.24) is 9.88 Å². The molecule has 0 radical (unpaired) electrons. The van der Waals surface area contributed by atoms with Crippen LogP contribution in [0.15, 0.2) is 18.3 Å². The molecule has 1 heterocycles. The van der Waals surface area contributed by atoms with Crippen molar-refractivity contribution >= 4 is 0 Å². The number of pyridine rings is 1. The van der Waals surface area contributed by atoms with Gasteiger partial charge < -0.3 is 10.6 Å². The van der Waals surface area contributed by atoms with E-state index >= 15 is 0 Å². The summed E-state index contributed by atoms with van der Waals surface area (Å²) in [6.07, 6.45) is 2.06. The van der Waals surface area contributed by atoms with Gasteiger partial charge in [0.05, 0.1) is 11.9 Å². The normalized spacial score (nSPS) is 13.1. The highest BCUT2D eigenvalue weighted by Crippen LogP contribution is 2.12. The molecule has 0 saturated carbocycles. The minimum Gasteiger partial charge on any atom is -0.323 e. The number of nitrogens with zero attached hydrogens (tertiary/aromatic N) is 2. The molecule has 0 aliphatic carbocycles. The number of halogens is 1. The molecule has 1 rings (SSSR count). The van der Waals surface area contributed by atoms with Gasteiger partial charge in [0.25, 0.3) is 0 Å². The molecule has 2 N–H and O–H groups in total. The summed E-state index contributed by atoms with van der Waals surface area (Å²) >= 11 is 0. The summed E-state index contributed by atoms with van der Waals surface area (Å²) in [7, 11) is 0. The molecule has 90 valence electrons. The van der Waals surface area contributed by atoms with E-state index in [2.05, 4.69) is 23.7 Å². The van der Waals surface area contributed by atoms with E-state index in [0.29, 0.717) is 0 Å². The van der Waals surface area contributed by atoms with E-state index in [-0.39, 0.29) is 11.9 Å². The van der Waals surface area contributed by atoms with Crippen LogP contribution in [-0.4, -0.2) is 29.5 Å². The maximum atomic E-state index is 12.7. The van der Waals surface area contributed by atoms with Gasteiger partial charge in [-0.1, -0.05) is 13.8 Å². The quantitative estimate of drug-likeness (QED) is 0.804.